The number of aryl methyl sites for hydroxylation is 1. The van der Waals surface area contributed by atoms with Crippen molar-refractivity contribution in [2.75, 3.05) is 5.32 Å². The molecule has 0 atom stereocenters. The molecule has 0 saturated heterocycles. The first-order chi connectivity index (χ1) is 15.4. The van der Waals surface area contributed by atoms with Gasteiger partial charge in [-0.15, -0.1) is 0 Å². The highest BCUT2D eigenvalue weighted by Crippen LogP contribution is 2.37. The minimum Gasteiger partial charge on any atom is -0.459 e. The number of amides is 1. The number of thiazole rings is 1. The van der Waals surface area contributed by atoms with E-state index in [1.807, 2.05) is 31.2 Å². The number of aromatic nitrogens is 1. The number of allylic oxidation sites excluding steroid dienone is 1. The molecule has 1 N–H and O–H groups in total. The monoisotopic (exact) mass is 479 g/mol. The van der Waals surface area contributed by atoms with Gasteiger partial charge < -0.3 is 9.73 Å². The van der Waals surface area contributed by atoms with Crippen LogP contribution >= 0.6 is 34.5 Å². The van der Waals surface area contributed by atoms with Crippen LogP contribution in [-0.4, -0.2) is 10.9 Å². The van der Waals surface area contributed by atoms with Crippen molar-refractivity contribution in [2.45, 2.75) is 6.92 Å². The van der Waals surface area contributed by atoms with Gasteiger partial charge in [-0.05, 0) is 42.8 Å². The molecule has 0 saturated carbocycles. The van der Waals surface area contributed by atoms with E-state index < -0.39 is 5.91 Å². The fourth-order valence-electron chi connectivity index (χ4n) is 2.92. The average Bonchev–Trinajstić information content (AvgIpc) is 3.44. The summed E-state index contributed by atoms with van der Waals surface area (Å²) in [6.45, 7) is 1.99. The van der Waals surface area contributed by atoms with Gasteiger partial charge in [-0.2, -0.15) is 5.26 Å². The second kappa shape index (κ2) is 9.41. The van der Waals surface area contributed by atoms with Gasteiger partial charge in [0.05, 0.1) is 11.8 Å². The molecule has 158 valence electrons. The molecule has 4 rings (SSSR count). The maximum absolute atomic E-state index is 12.6. The number of anilines is 1. The average molecular weight is 480 g/mol. The minimum absolute atomic E-state index is 0.179. The van der Waals surface area contributed by atoms with Gasteiger partial charge in [-0.3, -0.25) is 4.79 Å². The van der Waals surface area contributed by atoms with Crippen molar-refractivity contribution in [2.24, 2.45) is 0 Å². The van der Waals surface area contributed by atoms with Crippen molar-refractivity contribution in [1.82, 2.24) is 4.98 Å². The van der Waals surface area contributed by atoms with Crippen LogP contribution in [0.1, 0.15) is 26.7 Å². The molecule has 0 aliphatic rings. The molecule has 0 unspecified atom stereocenters. The highest BCUT2D eigenvalue weighted by atomic mass is 35.5. The third-order valence-electron chi connectivity index (χ3n) is 4.54. The molecule has 2 aromatic heterocycles. The summed E-state index contributed by atoms with van der Waals surface area (Å²) in [5, 5.41) is 14.5. The summed E-state index contributed by atoms with van der Waals surface area (Å²) in [5.41, 5.74) is 3.43. The van der Waals surface area contributed by atoms with Crippen LogP contribution < -0.4 is 5.32 Å². The topological polar surface area (TPSA) is 78.9 Å². The van der Waals surface area contributed by atoms with Gasteiger partial charge in [0.2, 0.25) is 0 Å². The summed E-state index contributed by atoms with van der Waals surface area (Å²) in [7, 11) is 0. The molecule has 4 aromatic rings. The molecular weight excluding hydrogens is 465 g/mol. The van der Waals surface area contributed by atoms with Gasteiger partial charge in [-0.25, -0.2) is 4.98 Å². The van der Waals surface area contributed by atoms with E-state index in [0.29, 0.717) is 36.9 Å². The fourth-order valence-corrected chi connectivity index (χ4v) is 4.33. The van der Waals surface area contributed by atoms with Gasteiger partial charge in [0.15, 0.2) is 5.76 Å². The van der Waals surface area contributed by atoms with Crippen LogP contribution in [-0.2, 0) is 0 Å². The minimum atomic E-state index is -0.401. The molecule has 0 aliphatic heterocycles. The molecule has 0 bridgehead atoms. The number of carbonyl (C=O) groups excluding carboxylic acids is 1. The van der Waals surface area contributed by atoms with Crippen LogP contribution in [0.25, 0.3) is 22.9 Å². The number of nitrogens with one attached hydrogen (secondary N) is 1. The van der Waals surface area contributed by atoms with Gasteiger partial charge >= 0.3 is 0 Å². The molecule has 32 heavy (non-hydrogen) atoms. The lowest BCUT2D eigenvalue weighted by atomic mass is 10.1. The number of rotatable bonds is 5. The van der Waals surface area contributed by atoms with Crippen LogP contribution in [0.5, 0.6) is 0 Å². The van der Waals surface area contributed by atoms with Gasteiger partial charge in [0.25, 0.3) is 5.91 Å². The Hall–Kier alpha value is -3.37. The van der Waals surface area contributed by atoms with Crippen LogP contribution in [0.2, 0.25) is 10.0 Å². The Bertz CT molecular complexity index is 1350. The summed E-state index contributed by atoms with van der Waals surface area (Å²) in [4.78, 5) is 17.3. The Morgan fingerprint density at radius 1 is 1.19 bits per heavy atom. The molecular formula is C24H15Cl2N3O2S. The zero-order valence-electron chi connectivity index (χ0n) is 16.7. The van der Waals surface area contributed by atoms with Crippen LogP contribution in [0.3, 0.4) is 0 Å². The summed E-state index contributed by atoms with van der Waals surface area (Å²) >= 11 is 13.4. The zero-order chi connectivity index (χ0) is 22.7. The van der Waals surface area contributed by atoms with Crippen molar-refractivity contribution < 1.29 is 9.21 Å². The first-order valence-electron chi connectivity index (χ1n) is 9.44. The van der Waals surface area contributed by atoms with Crippen LogP contribution in [0.15, 0.2) is 65.3 Å². The fraction of sp³-hybridized carbons (Fsp3) is 0.0417. The highest BCUT2D eigenvalue weighted by molar-refractivity contribution is 7.17. The maximum Gasteiger partial charge on any atom is 0.292 e. The van der Waals surface area contributed by atoms with Crippen molar-refractivity contribution in [3.8, 4) is 17.3 Å². The summed E-state index contributed by atoms with van der Waals surface area (Å²) in [5.74, 6) is -0.222. The predicted molar refractivity (Wildman–Crippen MR) is 129 cm³/mol. The maximum atomic E-state index is 12.6. The Kier molecular flexibility index (Phi) is 6.42. The van der Waals surface area contributed by atoms with Crippen molar-refractivity contribution in [3.05, 3.63) is 92.8 Å². The van der Waals surface area contributed by atoms with E-state index in [1.165, 1.54) is 17.6 Å². The molecule has 8 heteroatoms. The lowest BCUT2D eigenvalue weighted by Crippen LogP contribution is -2.10. The second-order valence-electron chi connectivity index (χ2n) is 6.83. The molecule has 5 nitrogen and oxygen atoms in total. The van der Waals surface area contributed by atoms with E-state index in [1.54, 1.807) is 36.4 Å². The zero-order valence-corrected chi connectivity index (χ0v) is 19.1. The van der Waals surface area contributed by atoms with Crippen molar-refractivity contribution >= 4 is 57.1 Å². The van der Waals surface area contributed by atoms with E-state index in [9.17, 15) is 10.1 Å². The first kappa shape index (κ1) is 21.8. The first-order valence-corrected chi connectivity index (χ1v) is 11.0. The smallest absolute Gasteiger partial charge is 0.292 e. The van der Waals surface area contributed by atoms with Gasteiger partial charge in [-0.1, -0.05) is 70.4 Å². The Balaban J connectivity index is 1.78. The SMILES string of the molecule is Cc1ccc(-c2nc(/C(C#N)=C/c3ccc(Cl)cc3Cl)sc2NC(=O)c2ccco2)cc1. The number of carbonyl (C=O) groups is 1. The number of nitriles is 1. The molecule has 0 radical (unpaired) electrons. The van der Waals surface area contributed by atoms with E-state index in [-0.39, 0.29) is 5.76 Å². The predicted octanol–water partition coefficient (Wildman–Crippen LogP) is 7.33. The second-order valence-corrected chi connectivity index (χ2v) is 8.67. The van der Waals surface area contributed by atoms with E-state index in [0.717, 1.165) is 11.1 Å². The molecule has 0 spiro atoms. The Morgan fingerprint density at radius 3 is 2.62 bits per heavy atom. The molecule has 0 fully saturated rings. The standard InChI is InChI=1S/C24H15Cl2N3O2S/c1-14-4-6-15(7-5-14)21-24(29-22(30)20-3-2-10-31-20)32-23(28-21)17(13-27)11-16-8-9-18(25)12-19(16)26/h2-12H,1H3,(H,29,30)/b17-11+. The number of halogens is 2. The van der Waals surface area contributed by atoms with Gasteiger partial charge in [0, 0.05) is 15.6 Å². The van der Waals surface area contributed by atoms with Crippen molar-refractivity contribution in [3.63, 3.8) is 0 Å². The normalized spacial score (nSPS) is 11.2. The number of hydrogen-bond acceptors (Lipinski definition) is 5. The summed E-state index contributed by atoms with van der Waals surface area (Å²) in [6, 6.07) is 18.2. The quantitative estimate of drug-likeness (QED) is 0.303. The van der Waals surface area contributed by atoms with E-state index >= 15 is 0 Å². The molecule has 0 aliphatic carbocycles. The Labute approximate surface area is 198 Å². The number of furan rings is 1. The Morgan fingerprint density at radius 2 is 1.97 bits per heavy atom. The van der Waals surface area contributed by atoms with Crippen molar-refractivity contribution in [1.29, 1.82) is 5.26 Å². The van der Waals surface area contributed by atoms with Gasteiger partial charge in [0.1, 0.15) is 21.8 Å². The summed E-state index contributed by atoms with van der Waals surface area (Å²) in [6.07, 6.45) is 3.08. The number of nitrogens with zero attached hydrogens (tertiary/aromatic N) is 2. The molecule has 2 heterocycles. The molecule has 1 amide bonds. The third kappa shape index (κ3) is 4.76. The van der Waals surface area contributed by atoms with Crippen LogP contribution in [0.4, 0.5) is 5.00 Å². The lowest BCUT2D eigenvalue weighted by molar-refractivity contribution is 0.0997. The molecule has 2 aromatic carbocycles. The number of hydrogen-bond donors (Lipinski definition) is 1. The highest BCUT2D eigenvalue weighted by Gasteiger charge is 2.20. The van der Waals surface area contributed by atoms with E-state index in [2.05, 4.69) is 16.4 Å². The van der Waals surface area contributed by atoms with Crippen LogP contribution in [0, 0.1) is 18.3 Å². The van der Waals surface area contributed by atoms with E-state index in [4.69, 9.17) is 27.6 Å². The largest absolute Gasteiger partial charge is 0.459 e. The number of benzene rings is 2. The summed E-state index contributed by atoms with van der Waals surface area (Å²) < 4.78 is 5.19. The lowest BCUT2D eigenvalue weighted by Gasteiger charge is -2.04. The third-order valence-corrected chi connectivity index (χ3v) is 6.10.